The average Bonchev–Trinajstić information content (AvgIpc) is 2.75. The van der Waals surface area contributed by atoms with Crippen molar-refractivity contribution in [1.29, 1.82) is 0 Å². The molecule has 6 nitrogen and oxygen atoms in total. The van der Waals surface area contributed by atoms with Gasteiger partial charge in [0.2, 0.25) is 5.95 Å². The van der Waals surface area contributed by atoms with E-state index in [1.807, 2.05) is 36.4 Å². The molecule has 0 bridgehead atoms. The Balaban J connectivity index is 1.75. The van der Waals surface area contributed by atoms with Gasteiger partial charge in [-0.1, -0.05) is 30.3 Å². The summed E-state index contributed by atoms with van der Waals surface area (Å²) in [5.74, 6) is 0.00912. The number of anilines is 2. The highest BCUT2D eigenvalue weighted by Gasteiger charge is 2.10. The van der Waals surface area contributed by atoms with E-state index in [1.54, 1.807) is 24.3 Å². The molecule has 0 aliphatic rings. The van der Waals surface area contributed by atoms with Gasteiger partial charge in [0.15, 0.2) is 0 Å². The molecule has 0 amide bonds. The fourth-order valence-electron chi connectivity index (χ4n) is 2.82. The quantitative estimate of drug-likeness (QED) is 0.357. The molecule has 0 aliphatic carbocycles. The normalized spacial score (nSPS) is 10.5. The smallest absolute Gasteiger partial charge is 0.269 e. The number of nitro benzene ring substituents is 1. The molecule has 4 aromatic rings. The first-order valence-electron chi connectivity index (χ1n) is 8.80. The van der Waals surface area contributed by atoms with E-state index in [0.29, 0.717) is 23.0 Å². The van der Waals surface area contributed by atoms with E-state index in [-0.39, 0.29) is 11.5 Å². The fraction of sp³-hybridized carbons (Fsp3) is 0. The van der Waals surface area contributed by atoms with Crippen molar-refractivity contribution in [2.45, 2.75) is 0 Å². The summed E-state index contributed by atoms with van der Waals surface area (Å²) < 4.78 is 13.3. The molecular formula is C22H15FN4O2. The van der Waals surface area contributed by atoms with Gasteiger partial charge in [0, 0.05) is 28.9 Å². The third-order valence-corrected chi connectivity index (χ3v) is 4.27. The summed E-state index contributed by atoms with van der Waals surface area (Å²) in [6.45, 7) is 0. The molecule has 1 aromatic heterocycles. The van der Waals surface area contributed by atoms with E-state index < -0.39 is 4.92 Å². The highest BCUT2D eigenvalue weighted by atomic mass is 19.1. The molecule has 29 heavy (non-hydrogen) atoms. The number of hydrogen-bond acceptors (Lipinski definition) is 5. The maximum atomic E-state index is 13.3. The topological polar surface area (TPSA) is 81.0 Å². The zero-order valence-corrected chi connectivity index (χ0v) is 15.1. The Kier molecular flexibility index (Phi) is 4.94. The highest BCUT2D eigenvalue weighted by molar-refractivity contribution is 5.70. The number of rotatable bonds is 5. The summed E-state index contributed by atoms with van der Waals surface area (Å²) in [5, 5.41) is 13.9. The minimum Gasteiger partial charge on any atom is -0.324 e. The number of hydrogen-bond donors (Lipinski definition) is 1. The second-order valence-electron chi connectivity index (χ2n) is 6.26. The number of non-ortho nitro benzene ring substituents is 1. The van der Waals surface area contributed by atoms with Crippen molar-refractivity contribution in [3.8, 4) is 22.5 Å². The zero-order chi connectivity index (χ0) is 20.2. The molecule has 0 aliphatic heterocycles. The van der Waals surface area contributed by atoms with E-state index in [1.165, 1.54) is 24.3 Å². The van der Waals surface area contributed by atoms with Crippen LogP contribution < -0.4 is 5.32 Å². The summed E-state index contributed by atoms with van der Waals surface area (Å²) in [5.41, 5.74) is 3.60. The van der Waals surface area contributed by atoms with Crippen LogP contribution in [0.2, 0.25) is 0 Å². The predicted molar refractivity (Wildman–Crippen MR) is 109 cm³/mol. The number of benzene rings is 3. The van der Waals surface area contributed by atoms with Crippen LogP contribution in [0.1, 0.15) is 0 Å². The van der Waals surface area contributed by atoms with Gasteiger partial charge in [0.05, 0.1) is 16.3 Å². The molecule has 0 atom stereocenters. The van der Waals surface area contributed by atoms with Crippen molar-refractivity contribution in [2.24, 2.45) is 0 Å². The Morgan fingerprint density at radius 3 is 1.97 bits per heavy atom. The lowest BCUT2D eigenvalue weighted by molar-refractivity contribution is -0.384. The van der Waals surface area contributed by atoms with E-state index >= 15 is 0 Å². The van der Waals surface area contributed by atoms with E-state index in [2.05, 4.69) is 15.3 Å². The van der Waals surface area contributed by atoms with Gasteiger partial charge in [-0.3, -0.25) is 10.1 Å². The largest absolute Gasteiger partial charge is 0.324 e. The molecule has 0 radical (unpaired) electrons. The molecule has 4 rings (SSSR count). The molecule has 7 heteroatoms. The standard InChI is InChI=1S/C22H15FN4O2/c23-17-8-6-16(7-9-17)21-14-20(15-4-2-1-3-5-15)25-22(26-21)24-18-10-12-19(13-11-18)27(28)29/h1-14H,(H,24,25,26). The van der Waals surface area contributed by atoms with E-state index in [0.717, 1.165) is 11.1 Å². The molecule has 142 valence electrons. The number of nitrogens with one attached hydrogen (secondary N) is 1. The van der Waals surface area contributed by atoms with Crippen molar-refractivity contribution < 1.29 is 9.31 Å². The molecule has 0 saturated carbocycles. The minimum atomic E-state index is -0.455. The lowest BCUT2D eigenvalue weighted by Crippen LogP contribution is -2.00. The van der Waals surface area contributed by atoms with Gasteiger partial charge in [-0.25, -0.2) is 14.4 Å². The van der Waals surface area contributed by atoms with E-state index in [9.17, 15) is 14.5 Å². The van der Waals surface area contributed by atoms with Gasteiger partial charge >= 0.3 is 0 Å². The molecule has 3 aromatic carbocycles. The van der Waals surface area contributed by atoms with Gasteiger partial charge in [-0.15, -0.1) is 0 Å². The van der Waals surface area contributed by atoms with Crippen molar-refractivity contribution in [3.63, 3.8) is 0 Å². The monoisotopic (exact) mass is 386 g/mol. The molecule has 0 fully saturated rings. The Morgan fingerprint density at radius 2 is 1.38 bits per heavy atom. The molecule has 0 unspecified atom stereocenters. The summed E-state index contributed by atoms with van der Waals surface area (Å²) in [6, 6.07) is 23.5. The van der Waals surface area contributed by atoms with Crippen LogP contribution in [0.5, 0.6) is 0 Å². The lowest BCUT2D eigenvalue weighted by atomic mass is 10.1. The summed E-state index contributed by atoms with van der Waals surface area (Å²) in [4.78, 5) is 19.5. The predicted octanol–water partition coefficient (Wildman–Crippen LogP) is 5.60. The Morgan fingerprint density at radius 1 is 0.793 bits per heavy atom. The number of aromatic nitrogens is 2. The van der Waals surface area contributed by atoms with Crippen LogP contribution in [0, 0.1) is 15.9 Å². The Bertz CT molecular complexity index is 1150. The summed E-state index contributed by atoms with van der Waals surface area (Å²) >= 11 is 0. The number of halogens is 1. The molecular weight excluding hydrogens is 371 g/mol. The van der Waals surface area contributed by atoms with Gasteiger partial charge in [-0.05, 0) is 42.5 Å². The first-order valence-corrected chi connectivity index (χ1v) is 8.80. The van der Waals surface area contributed by atoms with Crippen molar-refractivity contribution in [3.05, 3.63) is 101 Å². The second kappa shape index (κ2) is 7.85. The van der Waals surface area contributed by atoms with Crippen LogP contribution in [0.25, 0.3) is 22.5 Å². The third-order valence-electron chi connectivity index (χ3n) is 4.27. The van der Waals surface area contributed by atoms with Crippen molar-refractivity contribution in [1.82, 2.24) is 9.97 Å². The van der Waals surface area contributed by atoms with Crippen molar-refractivity contribution >= 4 is 17.3 Å². The summed E-state index contributed by atoms with van der Waals surface area (Å²) in [7, 11) is 0. The van der Waals surface area contributed by atoms with Crippen LogP contribution in [-0.2, 0) is 0 Å². The third kappa shape index (κ3) is 4.24. The fourth-order valence-corrected chi connectivity index (χ4v) is 2.82. The van der Waals surface area contributed by atoms with Crippen LogP contribution in [-0.4, -0.2) is 14.9 Å². The van der Waals surface area contributed by atoms with Gasteiger partial charge in [0.25, 0.3) is 5.69 Å². The van der Waals surface area contributed by atoms with Crippen LogP contribution in [0.15, 0.2) is 84.9 Å². The zero-order valence-electron chi connectivity index (χ0n) is 15.1. The second-order valence-corrected chi connectivity index (χ2v) is 6.26. The molecule has 0 saturated heterocycles. The Hall–Kier alpha value is -4.13. The van der Waals surface area contributed by atoms with Crippen LogP contribution >= 0.6 is 0 Å². The summed E-state index contributed by atoms with van der Waals surface area (Å²) in [6.07, 6.45) is 0. The van der Waals surface area contributed by atoms with E-state index in [4.69, 9.17) is 0 Å². The maximum absolute atomic E-state index is 13.3. The first-order chi connectivity index (χ1) is 14.1. The van der Waals surface area contributed by atoms with Crippen LogP contribution in [0.4, 0.5) is 21.7 Å². The Labute approximate surface area is 165 Å². The maximum Gasteiger partial charge on any atom is 0.269 e. The molecule has 1 heterocycles. The molecule has 1 N–H and O–H groups in total. The number of nitrogens with zero attached hydrogens (tertiary/aromatic N) is 3. The van der Waals surface area contributed by atoms with Gasteiger partial charge < -0.3 is 5.32 Å². The van der Waals surface area contributed by atoms with Crippen molar-refractivity contribution in [2.75, 3.05) is 5.32 Å². The first kappa shape index (κ1) is 18.2. The molecule has 0 spiro atoms. The average molecular weight is 386 g/mol. The lowest BCUT2D eigenvalue weighted by Gasteiger charge is -2.10. The van der Waals surface area contributed by atoms with Gasteiger partial charge in [0.1, 0.15) is 5.82 Å². The van der Waals surface area contributed by atoms with Gasteiger partial charge in [-0.2, -0.15) is 0 Å². The van der Waals surface area contributed by atoms with Crippen LogP contribution in [0.3, 0.4) is 0 Å². The SMILES string of the molecule is O=[N+]([O-])c1ccc(Nc2nc(-c3ccccc3)cc(-c3ccc(F)cc3)n2)cc1. The minimum absolute atomic E-state index is 0.00139. The number of nitro groups is 1. The highest BCUT2D eigenvalue weighted by Crippen LogP contribution is 2.27.